The molecule has 1 aliphatic heterocycles. The van der Waals surface area contributed by atoms with E-state index < -0.39 is 17.8 Å². The third-order valence-electron chi connectivity index (χ3n) is 5.70. The number of aliphatic carboxylic acids is 1. The van der Waals surface area contributed by atoms with Crippen LogP contribution in [-0.2, 0) is 16.1 Å². The Morgan fingerprint density at radius 2 is 1.71 bits per heavy atom. The van der Waals surface area contributed by atoms with Crippen LogP contribution >= 0.6 is 0 Å². The molecule has 128 valence electrons. The molecular formula is C18H20NO5-. The van der Waals surface area contributed by atoms with Gasteiger partial charge in [0.15, 0.2) is 11.5 Å². The zero-order chi connectivity index (χ0) is 16.7. The van der Waals surface area contributed by atoms with Crippen LogP contribution in [0.15, 0.2) is 18.2 Å². The molecule has 6 heteroatoms. The van der Waals surface area contributed by atoms with Crippen LogP contribution in [-0.4, -0.2) is 18.7 Å². The molecule has 4 aliphatic rings. The van der Waals surface area contributed by atoms with Gasteiger partial charge in [-0.15, -0.1) is 0 Å². The van der Waals surface area contributed by atoms with E-state index in [0.717, 1.165) is 31.2 Å². The maximum Gasteiger partial charge on any atom is 0.231 e. The summed E-state index contributed by atoms with van der Waals surface area (Å²) >= 11 is 0. The van der Waals surface area contributed by atoms with Crippen molar-refractivity contribution in [2.45, 2.75) is 32.2 Å². The van der Waals surface area contributed by atoms with Crippen molar-refractivity contribution in [2.24, 2.45) is 23.7 Å². The summed E-state index contributed by atoms with van der Waals surface area (Å²) in [6.45, 7) is 0.562. The summed E-state index contributed by atoms with van der Waals surface area (Å²) in [6.07, 6.45) is 3.68. The van der Waals surface area contributed by atoms with Gasteiger partial charge in [0.05, 0.1) is 0 Å². The number of carbonyl (C=O) groups excluding carboxylic acids is 2. The summed E-state index contributed by atoms with van der Waals surface area (Å²) in [5.41, 5.74) is 0.901. The van der Waals surface area contributed by atoms with Crippen molar-refractivity contribution in [1.29, 1.82) is 0 Å². The minimum atomic E-state index is -1.08. The fourth-order valence-electron chi connectivity index (χ4n) is 4.52. The first-order valence-electron chi connectivity index (χ1n) is 8.50. The Hall–Kier alpha value is -2.24. The number of amides is 1. The smallest absolute Gasteiger partial charge is 0.231 e. The molecule has 1 aromatic rings. The van der Waals surface area contributed by atoms with Gasteiger partial charge in [0.1, 0.15) is 0 Å². The first-order chi connectivity index (χ1) is 11.6. The number of carboxylic acid groups (broad SMARTS) is 1. The van der Waals surface area contributed by atoms with Gasteiger partial charge in [-0.25, -0.2) is 0 Å². The molecule has 0 unspecified atom stereocenters. The van der Waals surface area contributed by atoms with Crippen LogP contribution in [0.3, 0.4) is 0 Å². The van der Waals surface area contributed by atoms with Crippen LogP contribution < -0.4 is 19.9 Å². The quantitative estimate of drug-likeness (QED) is 0.884. The summed E-state index contributed by atoms with van der Waals surface area (Å²) in [7, 11) is 0. The topological polar surface area (TPSA) is 87.7 Å². The summed E-state index contributed by atoms with van der Waals surface area (Å²) < 4.78 is 10.6. The summed E-state index contributed by atoms with van der Waals surface area (Å²) in [5.74, 6) is -0.733. The second-order valence-electron chi connectivity index (χ2n) is 6.95. The zero-order valence-corrected chi connectivity index (χ0v) is 13.3. The average molecular weight is 330 g/mol. The standard InChI is InChI=1S/C18H21NO5/c20-17(15-11-2-4-12(5-3-11)16(15)18(21)22)19-8-10-1-6-13-14(7-10)24-9-23-13/h1,6-7,11-12,15-16H,2-5,8-9H2,(H,19,20)(H,21,22)/p-1/t11?,12?,15-,16-/m0/s1. The number of carboxylic acids is 1. The lowest BCUT2D eigenvalue weighted by Crippen LogP contribution is -2.54. The molecular weight excluding hydrogens is 310 g/mol. The molecule has 0 saturated heterocycles. The van der Waals surface area contributed by atoms with Crippen LogP contribution in [0.1, 0.15) is 31.2 Å². The average Bonchev–Trinajstić information content (AvgIpc) is 3.07. The highest BCUT2D eigenvalue weighted by Gasteiger charge is 2.47. The maximum absolute atomic E-state index is 12.7. The van der Waals surface area contributed by atoms with Gasteiger partial charge in [0, 0.05) is 24.3 Å². The van der Waals surface area contributed by atoms with E-state index >= 15 is 0 Å². The highest BCUT2D eigenvalue weighted by molar-refractivity contribution is 5.85. The summed E-state index contributed by atoms with van der Waals surface area (Å²) in [5, 5.41) is 14.4. The van der Waals surface area contributed by atoms with Crippen LogP contribution in [0.2, 0.25) is 0 Å². The first-order valence-corrected chi connectivity index (χ1v) is 8.50. The third-order valence-corrected chi connectivity index (χ3v) is 5.70. The van der Waals surface area contributed by atoms with E-state index in [1.165, 1.54) is 0 Å². The van der Waals surface area contributed by atoms with Gasteiger partial charge in [-0.2, -0.15) is 0 Å². The van der Waals surface area contributed by atoms with E-state index in [9.17, 15) is 14.7 Å². The molecule has 0 radical (unpaired) electrons. The third kappa shape index (κ3) is 2.60. The lowest BCUT2D eigenvalue weighted by Gasteiger charge is -2.48. The summed E-state index contributed by atoms with van der Waals surface area (Å²) in [4.78, 5) is 24.2. The largest absolute Gasteiger partial charge is 0.550 e. The normalized spacial score (nSPS) is 30.2. The maximum atomic E-state index is 12.7. The lowest BCUT2D eigenvalue weighted by molar-refractivity contribution is -0.318. The van der Waals surface area contributed by atoms with E-state index in [4.69, 9.17) is 9.47 Å². The van der Waals surface area contributed by atoms with Crippen molar-refractivity contribution in [3.05, 3.63) is 23.8 Å². The van der Waals surface area contributed by atoms with Crippen LogP contribution in [0.4, 0.5) is 0 Å². The number of hydrogen-bond acceptors (Lipinski definition) is 5. The minimum Gasteiger partial charge on any atom is -0.550 e. The first kappa shape index (κ1) is 15.3. The van der Waals surface area contributed by atoms with Crippen LogP contribution in [0.25, 0.3) is 0 Å². The number of ether oxygens (including phenoxy) is 2. The molecule has 3 fully saturated rings. The van der Waals surface area contributed by atoms with Crippen molar-refractivity contribution >= 4 is 11.9 Å². The fraction of sp³-hybridized carbons (Fsp3) is 0.556. The second-order valence-corrected chi connectivity index (χ2v) is 6.95. The SMILES string of the molecule is O=C([O-])[C@H]1C2CCC(CC2)[C@@H]1C(=O)NCc1ccc2c(c1)OCO2. The molecule has 3 saturated carbocycles. The van der Waals surface area contributed by atoms with Gasteiger partial charge in [0.2, 0.25) is 12.7 Å². The van der Waals surface area contributed by atoms with Gasteiger partial charge in [-0.05, 0) is 55.2 Å². The highest BCUT2D eigenvalue weighted by atomic mass is 16.7. The Morgan fingerprint density at radius 1 is 1.04 bits per heavy atom. The predicted octanol–water partition coefficient (Wildman–Crippen LogP) is 0.834. The minimum absolute atomic E-state index is 0.0845. The number of rotatable bonds is 4. The Bertz CT molecular complexity index is 665. The Kier molecular flexibility index (Phi) is 3.82. The van der Waals surface area contributed by atoms with Crippen molar-refractivity contribution in [3.63, 3.8) is 0 Å². The highest BCUT2D eigenvalue weighted by Crippen LogP contribution is 2.48. The van der Waals surface area contributed by atoms with Gasteiger partial charge in [0.25, 0.3) is 0 Å². The van der Waals surface area contributed by atoms with E-state index in [1.807, 2.05) is 18.2 Å². The molecule has 6 nitrogen and oxygen atoms in total. The van der Waals surface area contributed by atoms with Crippen molar-refractivity contribution < 1.29 is 24.2 Å². The van der Waals surface area contributed by atoms with Gasteiger partial charge in [-0.3, -0.25) is 4.79 Å². The van der Waals surface area contributed by atoms with Crippen LogP contribution in [0.5, 0.6) is 11.5 Å². The van der Waals surface area contributed by atoms with E-state index in [0.29, 0.717) is 18.0 Å². The lowest BCUT2D eigenvalue weighted by atomic mass is 9.58. The van der Waals surface area contributed by atoms with Crippen molar-refractivity contribution in [1.82, 2.24) is 5.32 Å². The molecule has 1 aromatic carbocycles. The molecule has 2 atom stereocenters. The molecule has 3 aliphatic carbocycles. The molecule has 0 spiro atoms. The molecule has 24 heavy (non-hydrogen) atoms. The number of nitrogens with one attached hydrogen (secondary N) is 1. The van der Waals surface area contributed by atoms with E-state index in [2.05, 4.69) is 5.32 Å². The van der Waals surface area contributed by atoms with Crippen molar-refractivity contribution in [3.8, 4) is 11.5 Å². The Labute approximate surface area is 140 Å². The molecule has 1 N–H and O–H groups in total. The predicted molar refractivity (Wildman–Crippen MR) is 81.8 cm³/mol. The molecule has 2 bridgehead atoms. The monoisotopic (exact) mass is 330 g/mol. The fourth-order valence-corrected chi connectivity index (χ4v) is 4.52. The Balaban J connectivity index is 1.44. The van der Waals surface area contributed by atoms with Gasteiger partial charge >= 0.3 is 0 Å². The molecule has 5 rings (SSSR count). The number of hydrogen-bond donors (Lipinski definition) is 1. The van der Waals surface area contributed by atoms with Crippen LogP contribution in [0, 0.1) is 23.7 Å². The Morgan fingerprint density at radius 3 is 2.42 bits per heavy atom. The van der Waals surface area contributed by atoms with E-state index in [1.54, 1.807) is 0 Å². The molecule has 1 amide bonds. The van der Waals surface area contributed by atoms with Crippen molar-refractivity contribution in [2.75, 3.05) is 6.79 Å². The van der Waals surface area contributed by atoms with Gasteiger partial charge in [-0.1, -0.05) is 6.07 Å². The second kappa shape index (κ2) is 6.00. The van der Waals surface area contributed by atoms with E-state index in [-0.39, 0.29) is 24.5 Å². The summed E-state index contributed by atoms with van der Waals surface area (Å²) in [6, 6.07) is 5.53. The van der Waals surface area contributed by atoms with Gasteiger partial charge < -0.3 is 24.7 Å². The number of fused-ring (bicyclic) bond motifs is 4. The number of benzene rings is 1. The molecule has 0 aromatic heterocycles. The number of carbonyl (C=O) groups is 2. The molecule has 1 heterocycles. The zero-order valence-electron chi connectivity index (χ0n) is 13.3.